The second-order valence-corrected chi connectivity index (χ2v) is 7.86. The lowest BCUT2D eigenvalue weighted by molar-refractivity contribution is -0.150. The van der Waals surface area contributed by atoms with Gasteiger partial charge in [0.05, 0.1) is 19.3 Å². The molecule has 24 heavy (non-hydrogen) atoms. The van der Waals surface area contributed by atoms with Crippen molar-refractivity contribution in [3.8, 4) is 12.3 Å². The average Bonchev–Trinajstić information content (AvgIpc) is 3.28. The molecule has 0 saturated carbocycles. The normalized spacial score (nSPS) is 27.4. The van der Waals surface area contributed by atoms with Crippen molar-refractivity contribution >= 4 is 5.91 Å². The van der Waals surface area contributed by atoms with Gasteiger partial charge in [-0.1, -0.05) is 0 Å². The number of rotatable bonds is 6. The summed E-state index contributed by atoms with van der Waals surface area (Å²) in [6.45, 7) is 5.98. The minimum atomic E-state index is -0.333. The van der Waals surface area contributed by atoms with Crippen LogP contribution in [0.15, 0.2) is 10.2 Å². The van der Waals surface area contributed by atoms with Crippen LogP contribution in [0.5, 0.6) is 0 Å². The largest absolute Gasteiger partial charge is 0.378 e. The molecule has 0 radical (unpaired) electrons. The standard InChI is InChI=1S/C18H26N4O2/c1-2-3-5-18(19-20-18)6-4-16(23)22-13-17(14-22)7-9-21(10-8-17)15-11-24-12-15/h1,15H,3-14H2. The number of ether oxygens (including phenoxy) is 1. The molecule has 0 bridgehead atoms. The second kappa shape index (κ2) is 6.12. The van der Waals surface area contributed by atoms with Gasteiger partial charge in [-0.25, -0.2) is 0 Å². The molecule has 4 heterocycles. The molecule has 0 aromatic heterocycles. The van der Waals surface area contributed by atoms with Crippen molar-refractivity contribution in [1.29, 1.82) is 0 Å². The first-order valence-corrected chi connectivity index (χ1v) is 9.11. The maximum absolute atomic E-state index is 12.4. The third-order valence-corrected chi connectivity index (χ3v) is 6.19. The van der Waals surface area contributed by atoms with E-state index < -0.39 is 0 Å². The molecule has 4 rings (SSSR count). The predicted molar refractivity (Wildman–Crippen MR) is 89.3 cm³/mol. The zero-order chi connectivity index (χ0) is 16.6. The van der Waals surface area contributed by atoms with Crippen LogP contribution in [0.3, 0.4) is 0 Å². The molecule has 0 unspecified atom stereocenters. The lowest BCUT2D eigenvalue weighted by Gasteiger charge is -2.55. The van der Waals surface area contributed by atoms with E-state index in [-0.39, 0.29) is 11.6 Å². The van der Waals surface area contributed by atoms with Crippen LogP contribution in [0.2, 0.25) is 0 Å². The van der Waals surface area contributed by atoms with Crippen molar-refractivity contribution in [2.24, 2.45) is 15.6 Å². The molecule has 0 aromatic carbocycles. The fourth-order valence-electron chi connectivity index (χ4n) is 4.19. The monoisotopic (exact) mass is 330 g/mol. The smallest absolute Gasteiger partial charge is 0.222 e. The fourth-order valence-corrected chi connectivity index (χ4v) is 4.19. The number of terminal acetylenes is 1. The van der Waals surface area contributed by atoms with E-state index in [1.54, 1.807) is 0 Å². The van der Waals surface area contributed by atoms with E-state index in [1.165, 1.54) is 12.8 Å². The van der Waals surface area contributed by atoms with Crippen molar-refractivity contribution in [3.05, 3.63) is 0 Å². The molecular formula is C18H26N4O2. The van der Waals surface area contributed by atoms with Crippen LogP contribution < -0.4 is 0 Å². The van der Waals surface area contributed by atoms with Crippen LogP contribution in [-0.2, 0) is 9.53 Å². The van der Waals surface area contributed by atoms with E-state index in [4.69, 9.17) is 11.2 Å². The predicted octanol–water partition coefficient (Wildman–Crippen LogP) is 1.67. The molecule has 1 spiro atoms. The summed E-state index contributed by atoms with van der Waals surface area (Å²) in [4.78, 5) is 17.0. The van der Waals surface area contributed by atoms with Gasteiger partial charge in [0.2, 0.25) is 5.91 Å². The van der Waals surface area contributed by atoms with Crippen LogP contribution in [0.25, 0.3) is 0 Å². The minimum Gasteiger partial charge on any atom is -0.378 e. The number of hydrogen-bond acceptors (Lipinski definition) is 5. The molecule has 6 heteroatoms. The summed E-state index contributed by atoms with van der Waals surface area (Å²) in [6, 6.07) is 0.644. The first kappa shape index (κ1) is 16.0. The van der Waals surface area contributed by atoms with E-state index >= 15 is 0 Å². The molecule has 3 fully saturated rings. The van der Waals surface area contributed by atoms with E-state index in [1.807, 2.05) is 4.90 Å². The molecule has 4 aliphatic rings. The molecule has 130 valence electrons. The fraction of sp³-hybridized carbons (Fsp3) is 0.833. The summed E-state index contributed by atoms with van der Waals surface area (Å²) in [6.07, 6.45) is 10.4. The van der Waals surface area contributed by atoms with Crippen molar-refractivity contribution in [2.75, 3.05) is 39.4 Å². The second-order valence-electron chi connectivity index (χ2n) is 7.86. The summed E-state index contributed by atoms with van der Waals surface area (Å²) in [5.74, 6) is 2.89. The van der Waals surface area contributed by atoms with Crippen molar-refractivity contribution in [1.82, 2.24) is 9.80 Å². The molecule has 0 aliphatic carbocycles. The van der Waals surface area contributed by atoms with Crippen molar-refractivity contribution in [2.45, 2.75) is 50.2 Å². The minimum absolute atomic E-state index is 0.257. The van der Waals surface area contributed by atoms with Crippen molar-refractivity contribution in [3.63, 3.8) is 0 Å². The van der Waals surface area contributed by atoms with Gasteiger partial charge in [-0.3, -0.25) is 9.69 Å². The average molecular weight is 330 g/mol. The van der Waals surface area contributed by atoms with Gasteiger partial charge in [0.15, 0.2) is 5.66 Å². The Hall–Kier alpha value is -1.45. The maximum atomic E-state index is 12.4. The van der Waals surface area contributed by atoms with Gasteiger partial charge >= 0.3 is 0 Å². The van der Waals surface area contributed by atoms with Gasteiger partial charge < -0.3 is 9.64 Å². The number of piperidine rings is 1. The van der Waals surface area contributed by atoms with Gasteiger partial charge in [0.25, 0.3) is 0 Å². The molecule has 3 saturated heterocycles. The van der Waals surface area contributed by atoms with Crippen LogP contribution in [0, 0.1) is 17.8 Å². The van der Waals surface area contributed by atoms with Gasteiger partial charge in [-0.15, -0.1) is 12.3 Å². The number of nitrogens with zero attached hydrogens (tertiary/aromatic N) is 4. The highest BCUT2D eigenvalue weighted by atomic mass is 16.5. The number of carbonyl (C=O) groups is 1. The van der Waals surface area contributed by atoms with Gasteiger partial charge in [0.1, 0.15) is 0 Å². The quantitative estimate of drug-likeness (QED) is 0.696. The number of carbonyl (C=O) groups excluding carboxylic acids is 1. The SMILES string of the molecule is C#CCCC1(CCC(=O)N2CC3(CCN(C4COC4)CC3)C2)N=N1. The van der Waals surface area contributed by atoms with Crippen LogP contribution in [0.1, 0.15) is 38.5 Å². The first-order valence-electron chi connectivity index (χ1n) is 9.11. The Morgan fingerprint density at radius 2 is 1.92 bits per heavy atom. The lowest BCUT2D eigenvalue weighted by Crippen LogP contribution is -2.63. The number of amides is 1. The van der Waals surface area contributed by atoms with Crippen molar-refractivity contribution < 1.29 is 9.53 Å². The lowest BCUT2D eigenvalue weighted by atomic mass is 9.71. The topological polar surface area (TPSA) is 57.5 Å². The Morgan fingerprint density at radius 3 is 2.46 bits per heavy atom. The third-order valence-electron chi connectivity index (χ3n) is 6.19. The highest BCUT2D eigenvalue weighted by molar-refractivity contribution is 5.77. The Morgan fingerprint density at radius 1 is 1.21 bits per heavy atom. The molecule has 0 aromatic rings. The first-order chi connectivity index (χ1) is 11.6. The van der Waals surface area contributed by atoms with Crippen LogP contribution >= 0.6 is 0 Å². The highest BCUT2D eigenvalue weighted by Crippen LogP contribution is 2.42. The molecule has 6 nitrogen and oxygen atoms in total. The van der Waals surface area contributed by atoms with Gasteiger partial charge in [-0.05, 0) is 25.9 Å². The van der Waals surface area contributed by atoms with E-state index in [2.05, 4.69) is 21.0 Å². The number of likely N-dealkylation sites (tertiary alicyclic amines) is 2. The van der Waals surface area contributed by atoms with Gasteiger partial charge in [0, 0.05) is 44.2 Å². The number of hydrogen-bond donors (Lipinski definition) is 0. The Balaban J connectivity index is 1.17. The van der Waals surface area contributed by atoms with Crippen LogP contribution in [0.4, 0.5) is 0 Å². The molecule has 4 aliphatic heterocycles. The molecule has 1 amide bonds. The highest BCUT2D eigenvalue weighted by Gasteiger charge is 2.48. The Bertz CT molecular complexity index is 556. The third kappa shape index (κ3) is 3.07. The molecule has 0 atom stereocenters. The summed E-state index contributed by atoms with van der Waals surface area (Å²) in [7, 11) is 0. The van der Waals surface area contributed by atoms with Gasteiger partial charge in [-0.2, -0.15) is 10.2 Å². The zero-order valence-electron chi connectivity index (χ0n) is 14.2. The molecular weight excluding hydrogens is 304 g/mol. The summed E-state index contributed by atoms with van der Waals surface area (Å²) < 4.78 is 5.29. The summed E-state index contributed by atoms with van der Waals surface area (Å²) in [5, 5.41) is 8.22. The molecule has 0 N–H and O–H groups in total. The Labute approximate surface area is 143 Å². The zero-order valence-corrected chi connectivity index (χ0v) is 14.2. The van der Waals surface area contributed by atoms with E-state index in [0.29, 0.717) is 30.7 Å². The van der Waals surface area contributed by atoms with E-state index in [9.17, 15) is 4.79 Å². The van der Waals surface area contributed by atoms with E-state index in [0.717, 1.165) is 45.8 Å². The van der Waals surface area contributed by atoms with Crippen LogP contribution in [-0.4, -0.2) is 66.8 Å². The Kier molecular flexibility index (Phi) is 4.09. The summed E-state index contributed by atoms with van der Waals surface area (Å²) >= 11 is 0. The maximum Gasteiger partial charge on any atom is 0.222 e. The summed E-state index contributed by atoms with van der Waals surface area (Å²) in [5.41, 5.74) is 0.0486.